The minimum Gasteiger partial charge on any atom is -0.488 e. The summed E-state index contributed by atoms with van der Waals surface area (Å²) in [5.74, 6) is -0.0854. The van der Waals surface area contributed by atoms with Crippen LogP contribution in [0.1, 0.15) is 31.5 Å². The van der Waals surface area contributed by atoms with Crippen molar-refractivity contribution in [1.29, 1.82) is 0 Å². The minimum absolute atomic E-state index is 0.0737. The quantitative estimate of drug-likeness (QED) is 0.406. The number of aromatic nitrogens is 3. The van der Waals surface area contributed by atoms with Gasteiger partial charge in [-0.3, -0.25) is 14.9 Å². The van der Waals surface area contributed by atoms with Gasteiger partial charge in [0.25, 0.3) is 0 Å². The predicted molar refractivity (Wildman–Crippen MR) is 149 cm³/mol. The number of hydrogen-bond donors (Lipinski definition) is 2. The summed E-state index contributed by atoms with van der Waals surface area (Å²) < 4.78 is 41.7. The molecule has 0 aromatic carbocycles. The molecule has 12 heteroatoms. The molecule has 4 atom stereocenters. The number of halogens is 3. The summed E-state index contributed by atoms with van der Waals surface area (Å²) in [7, 11) is -0.879. The lowest BCUT2D eigenvalue weighted by Gasteiger charge is -2.44. The lowest BCUT2D eigenvalue weighted by molar-refractivity contribution is -0.0773. The monoisotopic (exact) mass is 577 g/mol. The van der Waals surface area contributed by atoms with Crippen molar-refractivity contribution < 1.29 is 23.4 Å². The molecule has 0 amide bonds. The molecule has 6 rings (SSSR count). The van der Waals surface area contributed by atoms with Crippen molar-refractivity contribution in [1.82, 2.24) is 19.5 Å². The molecule has 0 aliphatic carbocycles. The predicted octanol–water partition coefficient (Wildman–Crippen LogP) is 4.35. The first kappa shape index (κ1) is 26.6. The van der Waals surface area contributed by atoms with E-state index in [4.69, 9.17) is 26.1 Å². The molecule has 6 heterocycles. The molecule has 3 aromatic heterocycles. The average molecular weight is 578 g/mol. The molecule has 1 N–H and O–H groups in total. The molecular weight excluding hydrogens is 548 g/mol. The molecule has 208 valence electrons. The van der Waals surface area contributed by atoms with E-state index in [1.54, 1.807) is 11.4 Å². The van der Waals surface area contributed by atoms with Gasteiger partial charge in [0.1, 0.15) is 35.5 Å². The van der Waals surface area contributed by atoms with Gasteiger partial charge in [0.05, 0.1) is 48.1 Å². The van der Waals surface area contributed by atoms with Crippen LogP contribution in [0.15, 0.2) is 46.7 Å². The van der Waals surface area contributed by atoms with Crippen LogP contribution in [0, 0.1) is 5.82 Å². The van der Waals surface area contributed by atoms with Crippen molar-refractivity contribution >= 4 is 39.3 Å². The van der Waals surface area contributed by atoms with E-state index in [9.17, 15) is 9.50 Å². The number of aliphatic hydroxyl groups is 1. The van der Waals surface area contributed by atoms with Crippen LogP contribution < -0.4 is 4.74 Å². The Kier molecular flexibility index (Phi) is 7.13. The van der Waals surface area contributed by atoms with Gasteiger partial charge in [-0.15, -0.1) is 0 Å². The summed E-state index contributed by atoms with van der Waals surface area (Å²) in [6.45, 7) is 6.10. The number of piperidine rings is 1. The van der Waals surface area contributed by atoms with Crippen molar-refractivity contribution in [3.63, 3.8) is 0 Å². The third kappa shape index (κ3) is 5.06. The molecular formula is C27H30ClF2N5O3S. The molecule has 3 aliphatic rings. The topological polar surface area (TPSA) is 84.5 Å². The number of aliphatic imine (C=N–C) groups is 1. The first-order chi connectivity index (χ1) is 18.7. The second kappa shape index (κ2) is 10.4. The number of ether oxygens (including phenoxy) is 2. The van der Waals surface area contributed by atoms with Crippen LogP contribution in [0.2, 0.25) is 5.02 Å². The van der Waals surface area contributed by atoms with Gasteiger partial charge in [0.15, 0.2) is 0 Å². The molecule has 8 nitrogen and oxygen atoms in total. The highest BCUT2D eigenvalue weighted by Crippen LogP contribution is 2.51. The number of fused-ring (bicyclic) bond motifs is 1. The number of nitrogens with zero attached hydrogens (tertiary/aromatic N) is 5. The van der Waals surface area contributed by atoms with Gasteiger partial charge in [-0.1, -0.05) is 11.6 Å². The number of thiol groups is 1. The van der Waals surface area contributed by atoms with Crippen molar-refractivity contribution in [3.8, 4) is 5.75 Å². The van der Waals surface area contributed by atoms with Crippen LogP contribution in [0.5, 0.6) is 5.75 Å². The Bertz CT molecular complexity index is 1440. The fourth-order valence-corrected chi connectivity index (χ4v) is 7.88. The number of rotatable bonds is 7. The first-order valence-electron chi connectivity index (χ1n) is 12.8. The van der Waals surface area contributed by atoms with E-state index in [2.05, 4.69) is 15.0 Å². The second-order valence-corrected chi connectivity index (χ2v) is 13.2. The highest BCUT2D eigenvalue weighted by Gasteiger charge is 2.39. The van der Waals surface area contributed by atoms with Crippen molar-refractivity contribution in [3.05, 3.63) is 63.8 Å². The standard InChI is InChI=1S/C27H30ClF2N5O3S/c1-16-25(32-15-39(16)23-5-6-34(11-21(23)30)19-12-37-13-19)17-7-22(26-20(28)9-33-35(26)10-17)38-14-27(2,36)24-4-3-18(29)8-31-24/h3-4,7-10,15,19,21,23,36,39H,5-6,11-14H2,1-2H3/t21-,23+,27?/m0/s1. The smallest absolute Gasteiger partial charge is 0.147 e. The van der Waals surface area contributed by atoms with Gasteiger partial charge < -0.3 is 14.6 Å². The van der Waals surface area contributed by atoms with E-state index in [-0.39, 0.29) is 17.6 Å². The van der Waals surface area contributed by atoms with Gasteiger partial charge in [0.2, 0.25) is 0 Å². The van der Waals surface area contributed by atoms with Crippen LogP contribution in [-0.4, -0.2) is 80.5 Å². The Hall–Kier alpha value is -2.57. The maximum atomic E-state index is 15.4. The number of hydrogen-bond acceptors (Lipinski definition) is 7. The Balaban J connectivity index is 1.25. The third-order valence-electron chi connectivity index (χ3n) is 7.67. The molecule has 3 aliphatic heterocycles. The van der Waals surface area contributed by atoms with Crippen LogP contribution in [0.3, 0.4) is 0 Å². The van der Waals surface area contributed by atoms with Gasteiger partial charge in [0, 0.05) is 29.1 Å². The van der Waals surface area contributed by atoms with Crippen LogP contribution in [0.25, 0.3) is 11.2 Å². The van der Waals surface area contributed by atoms with Crippen LogP contribution in [-0.2, 0) is 10.3 Å². The summed E-state index contributed by atoms with van der Waals surface area (Å²) in [6, 6.07) is 4.82. The molecule has 0 spiro atoms. The highest BCUT2D eigenvalue weighted by atomic mass is 35.5. The fraction of sp³-hybridized carbons (Fsp3) is 0.444. The molecule has 0 bridgehead atoms. The molecule has 2 fully saturated rings. The largest absolute Gasteiger partial charge is 0.488 e. The lowest BCUT2D eigenvalue weighted by Crippen LogP contribution is -2.55. The normalized spacial score (nSPS) is 26.7. The zero-order valence-electron chi connectivity index (χ0n) is 21.6. The number of allylic oxidation sites excluding steroid dienone is 1. The summed E-state index contributed by atoms with van der Waals surface area (Å²) in [5, 5.41) is 15.7. The fourth-order valence-electron chi connectivity index (χ4n) is 5.31. The van der Waals surface area contributed by atoms with E-state index in [0.717, 1.165) is 35.3 Å². The third-order valence-corrected chi connectivity index (χ3v) is 10.6. The van der Waals surface area contributed by atoms with E-state index in [1.165, 1.54) is 18.3 Å². The second-order valence-electron chi connectivity index (χ2n) is 10.4. The molecule has 0 saturated carbocycles. The Morgan fingerprint density at radius 3 is 2.82 bits per heavy atom. The Morgan fingerprint density at radius 1 is 1.31 bits per heavy atom. The molecule has 0 radical (unpaired) electrons. The van der Waals surface area contributed by atoms with Gasteiger partial charge in [-0.25, -0.2) is 13.3 Å². The van der Waals surface area contributed by atoms with Gasteiger partial charge in [-0.2, -0.15) is 16.0 Å². The van der Waals surface area contributed by atoms with Crippen LogP contribution in [0.4, 0.5) is 8.78 Å². The van der Waals surface area contributed by atoms with E-state index < -0.39 is 28.5 Å². The van der Waals surface area contributed by atoms with Gasteiger partial charge >= 0.3 is 0 Å². The van der Waals surface area contributed by atoms with E-state index >= 15 is 4.39 Å². The SMILES string of the molecule is CC1=C(c2cc(OCC(C)(O)c3ccc(F)cn3)c3c(Cl)cnn3c2)N=C[SH]1[C@@H]1CCN(C2COC2)C[C@@H]1F. The summed E-state index contributed by atoms with van der Waals surface area (Å²) in [4.78, 5) is 12.0. The Labute approximate surface area is 232 Å². The van der Waals surface area contributed by atoms with Crippen molar-refractivity contribution in [2.75, 3.05) is 32.9 Å². The number of alkyl halides is 1. The maximum absolute atomic E-state index is 15.4. The Morgan fingerprint density at radius 2 is 2.13 bits per heavy atom. The first-order valence-corrected chi connectivity index (χ1v) is 14.7. The van der Waals surface area contributed by atoms with E-state index in [0.29, 0.717) is 42.1 Å². The van der Waals surface area contributed by atoms with Crippen LogP contribution >= 0.6 is 22.5 Å². The average Bonchev–Trinajstić information content (AvgIpc) is 3.44. The minimum atomic E-state index is -1.49. The van der Waals surface area contributed by atoms with Crippen molar-refractivity contribution in [2.24, 2.45) is 4.99 Å². The van der Waals surface area contributed by atoms with Crippen molar-refractivity contribution in [2.45, 2.75) is 43.3 Å². The lowest BCUT2D eigenvalue weighted by atomic mass is 10.0. The zero-order chi connectivity index (χ0) is 27.3. The molecule has 3 aromatic rings. The molecule has 2 saturated heterocycles. The summed E-state index contributed by atoms with van der Waals surface area (Å²) in [5.41, 5.74) is 2.78. The number of pyridine rings is 2. The molecule has 2 unspecified atom stereocenters. The molecule has 39 heavy (non-hydrogen) atoms. The number of likely N-dealkylation sites (tertiary alicyclic amines) is 1. The zero-order valence-corrected chi connectivity index (χ0v) is 23.2. The van der Waals surface area contributed by atoms with E-state index in [1.807, 2.05) is 24.7 Å². The highest BCUT2D eigenvalue weighted by molar-refractivity contribution is 8.32. The van der Waals surface area contributed by atoms with Gasteiger partial charge in [-0.05, 0) is 49.9 Å². The summed E-state index contributed by atoms with van der Waals surface area (Å²) >= 11 is 6.42. The summed E-state index contributed by atoms with van der Waals surface area (Å²) in [6.07, 6.45) is 4.27. The maximum Gasteiger partial charge on any atom is 0.147 e.